The van der Waals surface area contributed by atoms with Crippen molar-refractivity contribution in [2.75, 3.05) is 24.5 Å². The van der Waals surface area contributed by atoms with E-state index < -0.39 is 0 Å². The van der Waals surface area contributed by atoms with Gasteiger partial charge in [-0.1, -0.05) is 0 Å². The van der Waals surface area contributed by atoms with E-state index in [-0.39, 0.29) is 11.5 Å². The van der Waals surface area contributed by atoms with Crippen LogP contribution in [0, 0.1) is 34.5 Å². The minimum absolute atomic E-state index is 0.0615. The molecule has 0 aromatic carbocycles. The molecule has 5 heteroatoms. The van der Waals surface area contributed by atoms with Gasteiger partial charge in [-0.05, 0) is 75.3 Å². The topological polar surface area (TPSA) is 60.2 Å². The summed E-state index contributed by atoms with van der Waals surface area (Å²) in [5.41, 5.74) is 0.555. The Morgan fingerprint density at radius 3 is 2.44 bits per heavy atom. The molecule has 5 fully saturated rings. The van der Waals surface area contributed by atoms with Crippen LogP contribution >= 0.6 is 0 Å². The molecule has 142 valence electrons. The van der Waals surface area contributed by atoms with Crippen LogP contribution in [0.3, 0.4) is 0 Å². The van der Waals surface area contributed by atoms with Crippen LogP contribution in [-0.2, 0) is 4.79 Å². The van der Waals surface area contributed by atoms with E-state index in [1.54, 1.807) is 12.3 Å². The quantitative estimate of drug-likeness (QED) is 0.808. The van der Waals surface area contributed by atoms with E-state index >= 15 is 0 Å². The smallest absolute Gasteiger partial charge is 0.229 e. The summed E-state index contributed by atoms with van der Waals surface area (Å²) in [6, 6.07) is 6.03. The zero-order valence-electron chi connectivity index (χ0n) is 16.1. The normalized spacial score (nSPS) is 37.3. The third-order valence-corrected chi connectivity index (χ3v) is 7.59. The Morgan fingerprint density at radius 2 is 1.85 bits per heavy atom. The zero-order valence-corrected chi connectivity index (χ0v) is 16.1. The lowest BCUT2D eigenvalue weighted by Gasteiger charge is -2.57. The Kier molecular flexibility index (Phi) is 3.93. The number of hydrogen-bond donors (Lipinski definition) is 0. The van der Waals surface area contributed by atoms with E-state index in [0.29, 0.717) is 11.5 Å². The fourth-order valence-corrected chi connectivity index (χ4v) is 6.87. The Hall–Kier alpha value is -2.09. The van der Waals surface area contributed by atoms with Gasteiger partial charge in [-0.2, -0.15) is 5.26 Å². The molecule has 0 radical (unpaired) electrons. The fourth-order valence-electron chi connectivity index (χ4n) is 6.87. The van der Waals surface area contributed by atoms with Gasteiger partial charge in [-0.15, -0.1) is 0 Å². The molecule has 0 N–H and O–H groups in total. The maximum absolute atomic E-state index is 13.7. The molecule has 27 heavy (non-hydrogen) atoms. The first-order valence-electron chi connectivity index (χ1n) is 10.5. The van der Waals surface area contributed by atoms with Gasteiger partial charge in [0, 0.05) is 31.9 Å². The molecule has 0 spiro atoms. The van der Waals surface area contributed by atoms with Gasteiger partial charge in [0.15, 0.2) is 0 Å². The van der Waals surface area contributed by atoms with Crippen LogP contribution in [0.1, 0.15) is 51.0 Å². The number of carbonyl (C=O) groups is 1. The Bertz CT molecular complexity index is 762. The Labute approximate surface area is 161 Å². The van der Waals surface area contributed by atoms with Crippen molar-refractivity contribution < 1.29 is 4.79 Å². The molecule has 4 saturated carbocycles. The highest BCUT2D eigenvalue weighted by atomic mass is 16.2. The molecule has 0 unspecified atom stereocenters. The van der Waals surface area contributed by atoms with Crippen LogP contribution in [0.25, 0.3) is 0 Å². The van der Waals surface area contributed by atoms with Crippen molar-refractivity contribution in [3.05, 3.63) is 23.9 Å². The second-order valence-corrected chi connectivity index (χ2v) is 9.48. The number of hydrogen-bond acceptors (Lipinski definition) is 4. The molecule has 1 saturated heterocycles. The summed E-state index contributed by atoms with van der Waals surface area (Å²) in [4.78, 5) is 22.4. The monoisotopic (exact) mass is 364 g/mol. The van der Waals surface area contributed by atoms with Crippen LogP contribution in [0.15, 0.2) is 18.3 Å². The van der Waals surface area contributed by atoms with Crippen molar-refractivity contribution in [1.29, 1.82) is 5.26 Å². The molecule has 1 aromatic rings. The summed E-state index contributed by atoms with van der Waals surface area (Å²) in [6.07, 6.45) is 9.23. The summed E-state index contributed by atoms with van der Waals surface area (Å²) in [6.45, 7) is 4.40. The van der Waals surface area contributed by atoms with Crippen LogP contribution in [0.5, 0.6) is 0 Å². The molecule has 4 aliphatic carbocycles. The van der Waals surface area contributed by atoms with E-state index in [1.807, 2.05) is 6.07 Å². The second kappa shape index (κ2) is 6.22. The van der Waals surface area contributed by atoms with Gasteiger partial charge in [-0.3, -0.25) is 4.79 Å². The number of pyridine rings is 1. The van der Waals surface area contributed by atoms with E-state index in [4.69, 9.17) is 0 Å². The molecule has 2 heterocycles. The number of nitrogens with zero attached hydrogens (tertiary/aromatic N) is 4. The van der Waals surface area contributed by atoms with E-state index in [2.05, 4.69) is 27.8 Å². The number of nitriles is 1. The van der Waals surface area contributed by atoms with Crippen molar-refractivity contribution in [3.8, 4) is 6.07 Å². The summed E-state index contributed by atoms with van der Waals surface area (Å²) in [5, 5.41) is 9.37. The van der Waals surface area contributed by atoms with Crippen molar-refractivity contribution in [1.82, 2.24) is 9.88 Å². The number of anilines is 1. The zero-order chi connectivity index (χ0) is 18.6. The molecule has 1 amide bonds. The number of amides is 1. The van der Waals surface area contributed by atoms with Crippen LogP contribution in [0.2, 0.25) is 0 Å². The summed E-state index contributed by atoms with van der Waals surface area (Å²) < 4.78 is 0. The SMILES string of the molecule is C[C@@H]1CN(c2ncccc2C#N)CCN1C(=O)C12CC3CC(CC(C3)C1)C2. The lowest BCUT2D eigenvalue weighted by molar-refractivity contribution is -0.160. The molecule has 1 aromatic heterocycles. The van der Waals surface area contributed by atoms with Gasteiger partial charge in [0.05, 0.1) is 11.0 Å². The van der Waals surface area contributed by atoms with Gasteiger partial charge < -0.3 is 9.80 Å². The molecular formula is C22H28N4O. The lowest BCUT2D eigenvalue weighted by atomic mass is 9.49. The molecule has 1 atom stereocenters. The molecule has 5 aliphatic rings. The number of rotatable bonds is 2. The first-order valence-corrected chi connectivity index (χ1v) is 10.5. The van der Waals surface area contributed by atoms with Crippen molar-refractivity contribution in [2.45, 2.75) is 51.5 Å². The van der Waals surface area contributed by atoms with Crippen molar-refractivity contribution >= 4 is 11.7 Å². The largest absolute Gasteiger partial charge is 0.352 e. The van der Waals surface area contributed by atoms with E-state index in [9.17, 15) is 10.1 Å². The first kappa shape index (κ1) is 17.0. The lowest BCUT2D eigenvalue weighted by Crippen LogP contribution is -2.61. The predicted molar refractivity (Wildman–Crippen MR) is 103 cm³/mol. The number of piperazine rings is 1. The summed E-state index contributed by atoms with van der Waals surface area (Å²) in [5.74, 6) is 3.57. The average molecular weight is 364 g/mol. The maximum Gasteiger partial charge on any atom is 0.229 e. The van der Waals surface area contributed by atoms with Gasteiger partial charge in [0.1, 0.15) is 11.9 Å². The number of aromatic nitrogens is 1. The van der Waals surface area contributed by atoms with E-state index in [0.717, 1.165) is 62.5 Å². The first-order chi connectivity index (χ1) is 13.1. The van der Waals surface area contributed by atoms with Gasteiger partial charge in [0.2, 0.25) is 5.91 Å². The number of carbonyl (C=O) groups excluding carboxylic acids is 1. The van der Waals surface area contributed by atoms with Gasteiger partial charge in [0.25, 0.3) is 0 Å². The Balaban J connectivity index is 1.33. The maximum atomic E-state index is 13.7. The van der Waals surface area contributed by atoms with Gasteiger partial charge in [-0.25, -0.2) is 4.98 Å². The Morgan fingerprint density at radius 1 is 1.19 bits per heavy atom. The second-order valence-electron chi connectivity index (χ2n) is 9.48. The highest BCUT2D eigenvalue weighted by Crippen LogP contribution is 2.60. The molecule has 6 rings (SSSR count). The summed E-state index contributed by atoms with van der Waals surface area (Å²) in [7, 11) is 0. The average Bonchev–Trinajstić information content (AvgIpc) is 2.66. The predicted octanol–water partition coefficient (Wildman–Crippen LogP) is 3.21. The van der Waals surface area contributed by atoms with Crippen LogP contribution in [0.4, 0.5) is 5.82 Å². The highest BCUT2D eigenvalue weighted by molar-refractivity contribution is 5.84. The van der Waals surface area contributed by atoms with Crippen molar-refractivity contribution in [3.63, 3.8) is 0 Å². The van der Waals surface area contributed by atoms with Crippen molar-refractivity contribution in [2.24, 2.45) is 23.2 Å². The van der Waals surface area contributed by atoms with E-state index in [1.165, 1.54) is 19.3 Å². The van der Waals surface area contributed by atoms with Crippen LogP contribution in [-0.4, -0.2) is 41.5 Å². The third-order valence-electron chi connectivity index (χ3n) is 7.59. The minimum Gasteiger partial charge on any atom is -0.352 e. The van der Waals surface area contributed by atoms with Gasteiger partial charge >= 0.3 is 0 Å². The fraction of sp³-hybridized carbons (Fsp3) is 0.682. The molecule has 5 nitrogen and oxygen atoms in total. The summed E-state index contributed by atoms with van der Waals surface area (Å²) >= 11 is 0. The molecule has 4 bridgehead atoms. The van der Waals surface area contributed by atoms with Crippen LogP contribution < -0.4 is 4.90 Å². The highest BCUT2D eigenvalue weighted by Gasteiger charge is 2.56. The molecule has 1 aliphatic heterocycles. The third kappa shape index (κ3) is 2.72. The molecular weight excluding hydrogens is 336 g/mol. The minimum atomic E-state index is -0.0615. The standard InChI is InChI=1S/C22H28N4O/c1-15-14-25(20-19(13-23)3-2-4-24-20)5-6-26(15)21(27)22-10-16-7-17(11-22)9-18(8-16)12-22/h2-4,15-18H,5-12,14H2,1H3/t15-,16?,17?,18?,22?/m1/s1.